The van der Waals surface area contributed by atoms with Gasteiger partial charge in [0.05, 0.1) is 12.3 Å². The molecule has 1 N–H and O–H groups in total. The van der Waals surface area contributed by atoms with E-state index in [9.17, 15) is 0 Å². The van der Waals surface area contributed by atoms with Crippen LogP contribution in [0.4, 0.5) is 5.13 Å². The normalized spacial score (nSPS) is 20.8. The van der Waals surface area contributed by atoms with Crippen molar-refractivity contribution in [3.8, 4) is 0 Å². The summed E-state index contributed by atoms with van der Waals surface area (Å²) < 4.78 is 5.32. The van der Waals surface area contributed by atoms with E-state index >= 15 is 0 Å². The zero-order valence-corrected chi connectivity index (χ0v) is 13.9. The van der Waals surface area contributed by atoms with Crippen LogP contribution in [0.15, 0.2) is 0 Å². The Morgan fingerprint density at radius 1 is 1.29 bits per heavy atom. The van der Waals surface area contributed by atoms with Gasteiger partial charge in [-0.2, -0.15) is 0 Å². The van der Waals surface area contributed by atoms with Crippen LogP contribution in [-0.4, -0.2) is 56.3 Å². The Morgan fingerprint density at radius 2 is 2.14 bits per heavy atom. The van der Waals surface area contributed by atoms with E-state index in [0.29, 0.717) is 6.61 Å². The van der Waals surface area contributed by atoms with Crippen molar-refractivity contribution in [3.05, 3.63) is 10.6 Å². The molecule has 1 saturated heterocycles. The van der Waals surface area contributed by atoms with Gasteiger partial charge < -0.3 is 19.9 Å². The van der Waals surface area contributed by atoms with Gasteiger partial charge in [0, 0.05) is 44.2 Å². The van der Waals surface area contributed by atoms with Crippen molar-refractivity contribution in [1.82, 2.24) is 15.2 Å². The minimum atomic E-state index is 0.617. The van der Waals surface area contributed by atoms with E-state index in [0.717, 1.165) is 37.9 Å². The number of rotatable bonds is 6. The summed E-state index contributed by atoms with van der Waals surface area (Å²) in [6, 6.07) is 0.734. The van der Waals surface area contributed by atoms with Gasteiger partial charge in [-0.25, -0.2) is 4.98 Å². The minimum Gasteiger partial charge on any atom is -0.378 e. The monoisotopic (exact) mass is 310 g/mol. The van der Waals surface area contributed by atoms with Crippen LogP contribution in [0.2, 0.25) is 0 Å². The van der Waals surface area contributed by atoms with E-state index < -0.39 is 0 Å². The molecule has 0 aromatic carbocycles. The van der Waals surface area contributed by atoms with Gasteiger partial charge in [0.1, 0.15) is 0 Å². The van der Waals surface area contributed by atoms with E-state index in [1.807, 2.05) is 11.3 Å². The summed E-state index contributed by atoms with van der Waals surface area (Å²) in [5.41, 5.74) is 1.11. The predicted octanol–water partition coefficient (Wildman–Crippen LogP) is 1.68. The highest BCUT2D eigenvalue weighted by Gasteiger charge is 2.23. The fourth-order valence-electron chi connectivity index (χ4n) is 2.65. The van der Waals surface area contributed by atoms with Gasteiger partial charge in [-0.15, -0.1) is 11.3 Å². The van der Waals surface area contributed by atoms with Crippen LogP contribution in [0, 0.1) is 0 Å². The lowest BCUT2D eigenvalue weighted by atomic mass is 10.3. The molecular formula is C15H26N4OS. The molecular weight excluding hydrogens is 284 g/mol. The summed E-state index contributed by atoms with van der Waals surface area (Å²) >= 11 is 1.84. The van der Waals surface area contributed by atoms with Crippen molar-refractivity contribution >= 4 is 16.5 Å². The molecule has 2 fully saturated rings. The maximum atomic E-state index is 5.32. The highest BCUT2D eigenvalue weighted by molar-refractivity contribution is 7.15. The molecule has 1 aromatic rings. The number of likely N-dealkylation sites (N-methyl/N-ethyl adjacent to an activating group) is 1. The van der Waals surface area contributed by atoms with E-state index in [2.05, 4.69) is 22.2 Å². The smallest absolute Gasteiger partial charge is 0.185 e. The Morgan fingerprint density at radius 3 is 2.90 bits per heavy atom. The third kappa shape index (κ3) is 4.16. The highest BCUT2D eigenvalue weighted by Crippen LogP contribution is 2.29. The molecule has 3 rings (SSSR count). The van der Waals surface area contributed by atoms with Crippen LogP contribution in [0.5, 0.6) is 0 Å². The Kier molecular flexibility index (Phi) is 5.11. The summed E-state index contributed by atoms with van der Waals surface area (Å²) in [5.74, 6) is 0. The molecule has 1 aliphatic carbocycles. The molecule has 2 heterocycles. The SMILES string of the molecule is COCc1nc(N2CCCN(C)CC2)sc1CNC1CC1. The number of hydrogen-bond donors (Lipinski definition) is 1. The van der Waals surface area contributed by atoms with Crippen molar-refractivity contribution in [1.29, 1.82) is 0 Å². The van der Waals surface area contributed by atoms with Crippen LogP contribution in [0.3, 0.4) is 0 Å². The molecule has 1 saturated carbocycles. The molecule has 0 bridgehead atoms. The van der Waals surface area contributed by atoms with Crippen molar-refractivity contribution in [2.45, 2.75) is 38.5 Å². The number of nitrogens with zero attached hydrogens (tertiary/aromatic N) is 3. The fourth-order valence-corrected chi connectivity index (χ4v) is 3.72. The average molecular weight is 310 g/mol. The topological polar surface area (TPSA) is 40.6 Å². The number of thiazole rings is 1. The van der Waals surface area contributed by atoms with Crippen molar-refractivity contribution < 1.29 is 4.74 Å². The molecule has 0 radical (unpaired) electrons. The number of hydrogen-bond acceptors (Lipinski definition) is 6. The quantitative estimate of drug-likeness (QED) is 0.866. The molecule has 1 aliphatic heterocycles. The van der Waals surface area contributed by atoms with Crippen LogP contribution < -0.4 is 10.2 Å². The van der Waals surface area contributed by atoms with E-state index in [4.69, 9.17) is 9.72 Å². The zero-order chi connectivity index (χ0) is 14.7. The zero-order valence-electron chi connectivity index (χ0n) is 13.1. The first kappa shape index (κ1) is 15.2. The molecule has 0 amide bonds. The fraction of sp³-hybridized carbons (Fsp3) is 0.800. The van der Waals surface area contributed by atoms with Crippen LogP contribution in [0.25, 0.3) is 0 Å². The first-order valence-electron chi connectivity index (χ1n) is 7.90. The summed E-state index contributed by atoms with van der Waals surface area (Å²) in [4.78, 5) is 11.0. The van der Waals surface area contributed by atoms with Crippen molar-refractivity contribution in [2.75, 3.05) is 45.2 Å². The lowest BCUT2D eigenvalue weighted by Crippen LogP contribution is -2.28. The molecule has 5 nitrogen and oxygen atoms in total. The Balaban J connectivity index is 1.69. The number of aromatic nitrogens is 1. The van der Waals surface area contributed by atoms with Gasteiger partial charge in [-0.1, -0.05) is 0 Å². The molecule has 0 atom stereocenters. The maximum Gasteiger partial charge on any atom is 0.185 e. The third-order valence-corrected chi connectivity index (χ3v) is 5.33. The Hall–Kier alpha value is -0.690. The second-order valence-electron chi connectivity index (χ2n) is 6.10. The average Bonchev–Trinajstić information content (AvgIpc) is 3.25. The number of methoxy groups -OCH3 is 1. The second-order valence-corrected chi connectivity index (χ2v) is 7.16. The van der Waals surface area contributed by atoms with Gasteiger partial charge in [0.2, 0.25) is 0 Å². The standard InChI is InChI=1S/C15H26N4OS/c1-18-6-3-7-19(9-8-18)15-17-13(11-20-2)14(21-15)10-16-12-4-5-12/h12,16H,3-11H2,1-2H3. The Bertz CT molecular complexity index is 461. The Labute approximate surface area is 131 Å². The van der Waals surface area contributed by atoms with Gasteiger partial charge in [0.15, 0.2) is 5.13 Å². The number of ether oxygens (including phenoxy) is 1. The second kappa shape index (κ2) is 7.05. The molecule has 21 heavy (non-hydrogen) atoms. The molecule has 118 valence electrons. The molecule has 0 spiro atoms. The summed E-state index contributed by atoms with van der Waals surface area (Å²) in [7, 11) is 3.95. The van der Waals surface area contributed by atoms with Gasteiger partial charge >= 0.3 is 0 Å². The lowest BCUT2D eigenvalue weighted by Gasteiger charge is -2.19. The van der Waals surface area contributed by atoms with Gasteiger partial charge in [-0.05, 0) is 32.9 Å². The number of nitrogens with one attached hydrogen (secondary N) is 1. The number of anilines is 1. The van der Waals surface area contributed by atoms with Crippen molar-refractivity contribution in [2.24, 2.45) is 0 Å². The first-order chi connectivity index (χ1) is 10.3. The maximum absolute atomic E-state index is 5.32. The summed E-state index contributed by atoms with van der Waals surface area (Å²) in [6.45, 7) is 6.05. The largest absolute Gasteiger partial charge is 0.378 e. The van der Waals surface area contributed by atoms with E-state index in [-0.39, 0.29) is 0 Å². The predicted molar refractivity (Wildman–Crippen MR) is 87.0 cm³/mol. The van der Waals surface area contributed by atoms with E-state index in [1.54, 1.807) is 7.11 Å². The van der Waals surface area contributed by atoms with E-state index in [1.165, 1.54) is 35.8 Å². The molecule has 1 aromatic heterocycles. The molecule has 0 unspecified atom stereocenters. The van der Waals surface area contributed by atoms with Crippen molar-refractivity contribution in [3.63, 3.8) is 0 Å². The van der Waals surface area contributed by atoms with Crippen LogP contribution in [0.1, 0.15) is 29.8 Å². The lowest BCUT2D eigenvalue weighted by molar-refractivity contribution is 0.181. The van der Waals surface area contributed by atoms with Gasteiger partial charge in [-0.3, -0.25) is 0 Å². The first-order valence-corrected chi connectivity index (χ1v) is 8.72. The van der Waals surface area contributed by atoms with Crippen LogP contribution >= 0.6 is 11.3 Å². The molecule has 6 heteroatoms. The summed E-state index contributed by atoms with van der Waals surface area (Å²) in [6.07, 6.45) is 3.86. The molecule has 2 aliphatic rings. The van der Waals surface area contributed by atoms with Gasteiger partial charge in [0.25, 0.3) is 0 Å². The van der Waals surface area contributed by atoms with Crippen LogP contribution in [-0.2, 0) is 17.9 Å². The highest BCUT2D eigenvalue weighted by atomic mass is 32.1. The minimum absolute atomic E-state index is 0.617. The summed E-state index contributed by atoms with van der Waals surface area (Å²) in [5, 5.41) is 4.77. The third-order valence-electron chi connectivity index (χ3n) is 4.17.